The third-order valence-corrected chi connectivity index (χ3v) is 1.86. The number of hydrogen-bond acceptors (Lipinski definition) is 2. The standard InChI is InChI=1S/C9H4ClF5O2/c10-7(16)4-1-5(8(11)12)3-6(2-4)17-9(13,14)15/h1-3,8H. The van der Waals surface area contributed by atoms with Crippen LogP contribution in [0.3, 0.4) is 0 Å². The molecule has 0 aliphatic carbocycles. The normalized spacial score (nSPS) is 11.7. The third-order valence-electron chi connectivity index (χ3n) is 1.64. The highest BCUT2D eigenvalue weighted by Gasteiger charge is 2.31. The molecule has 94 valence electrons. The molecule has 0 saturated heterocycles. The fourth-order valence-corrected chi connectivity index (χ4v) is 1.16. The van der Waals surface area contributed by atoms with Crippen molar-refractivity contribution in [2.75, 3.05) is 0 Å². The van der Waals surface area contributed by atoms with Crippen molar-refractivity contribution >= 4 is 16.8 Å². The molecule has 2 nitrogen and oxygen atoms in total. The van der Waals surface area contributed by atoms with E-state index in [9.17, 15) is 26.7 Å². The SMILES string of the molecule is O=C(Cl)c1cc(OC(F)(F)F)cc(C(F)F)c1. The Morgan fingerprint density at radius 3 is 2.24 bits per heavy atom. The van der Waals surface area contributed by atoms with Crippen molar-refractivity contribution in [1.82, 2.24) is 0 Å². The van der Waals surface area contributed by atoms with Gasteiger partial charge in [0.25, 0.3) is 11.7 Å². The molecular formula is C9H4ClF5O2. The Hall–Kier alpha value is -1.37. The second-order valence-corrected chi connectivity index (χ2v) is 3.26. The summed E-state index contributed by atoms with van der Waals surface area (Å²) >= 11 is 5.00. The van der Waals surface area contributed by atoms with Gasteiger partial charge in [-0.2, -0.15) is 0 Å². The van der Waals surface area contributed by atoms with Crippen LogP contribution in [0, 0.1) is 0 Å². The number of hydrogen-bond donors (Lipinski definition) is 0. The van der Waals surface area contributed by atoms with Crippen LogP contribution in [0.4, 0.5) is 22.0 Å². The highest BCUT2D eigenvalue weighted by molar-refractivity contribution is 6.67. The average Bonchev–Trinajstić information content (AvgIpc) is 2.14. The van der Waals surface area contributed by atoms with E-state index in [1.165, 1.54) is 0 Å². The summed E-state index contributed by atoms with van der Waals surface area (Å²) in [6.45, 7) is 0. The van der Waals surface area contributed by atoms with E-state index in [1.807, 2.05) is 0 Å². The van der Waals surface area contributed by atoms with E-state index < -0.39 is 34.9 Å². The smallest absolute Gasteiger partial charge is 0.406 e. The molecule has 0 atom stereocenters. The van der Waals surface area contributed by atoms with Gasteiger partial charge in [0.15, 0.2) is 0 Å². The van der Waals surface area contributed by atoms with Crippen LogP contribution < -0.4 is 4.74 Å². The molecule has 1 aromatic rings. The molecule has 1 rings (SSSR count). The van der Waals surface area contributed by atoms with Gasteiger partial charge in [0.2, 0.25) is 0 Å². The van der Waals surface area contributed by atoms with Gasteiger partial charge in [-0.1, -0.05) is 0 Å². The molecule has 8 heteroatoms. The van der Waals surface area contributed by atoms with Crippen molar-refractivity contribution in [2.45, 2.75) is 12.8 Å². The van der Waals surface area contributed by atoms with Crippen LogP contribution in [0.5, 0.6) is 5.75 Å². The van der Waals surface area contributed by atoms with Crippen LogP contribution >= 0.6 is 11.6 Å². The first kappa shape index (κ1) is 13.7. The maximum atomic E-state index is 12.3. The number of halogens is 6. The number of carbonyl (C=O) groups is 1. The second kappa shape index (κ2) is 4.87. The summed E-state index contributed by atoms with van der Waals surface area (Å²) in [7, 11) is 0. The van der Waals surface area contributed by atoms with Crippen molar-refractivity contribution in [1.29, 1.82) is 0 Å². The summed E-state index contributed by atoms with van der Waals surface area (Å²) in [5.74, 6) is -0.917. The van der Waals surface area contributed by atoms with Gasteiger partial charge in [-0.3, -0.25) is 4.79 Å². The molecule has 0 unspecified atom stereocenters. The first-order chi connectivity index (χ1) is 7.69. The zero-order valence-electron chi connectivity index (χ0n) is 7.89. The molecule has 0 heterocycles. The second-order valence-electron chi connectivity index (χ2n) is 2.91. The van der Waals surface area contributed by atoms with E-state index in [-0.39, 0.29) is 0 Å². The molecule has 0 amide bonds. The van der Waals surface area contributed by atoms with Gasteiger partial charge in [-0.05, 0) is 29.8 Å². The number of rotatable bonds is 3. The quantitative estimate of drug-likeness (QED) is 0.617. The molecule has 0 aliphatic rings. The van der Waals surface area contributed by atoms with Crippen LogP contribution in [0.15, 0.2) is 18.2 Å². The Kier molecular flexibility index (Phi) is 3.92. The Bertz CT molecular complexity index is 430. The van der Waals surface area contributed by atoms with Crippen molar-refractivity contribution in [3.05, 3.63) is 29.3 Å². The Balaban J connectivity index is 3.17. The topological polar surface area (TPSA) is 26.3 Å². The average molecular weight is 275 g/mol. The molecular weight excluding hydrogens is 271 g/mol. The minimum atomic E-state index is -5.03. The molecule has 1 aromatic carbocycles. The fourth-order valence-electron chi connectivity index (χ4n) is 1.05. The molecule has 0 spiro atoms. The number of benzene rings is 1. The highest BCUT2D eigenvalue weighted by Crippen LogP contribution is 2.29. The summed E-state index contributed by atoms with van der Waals surface area (Å²) < 4.78 is 63.7. The minimum absolute atomic E-state index is 0.488. The summed E-state index contributed by atoms with van der Waals surface area (Å²) in [5, 5.41) is -1.15. The van der Waals surface area contributed by atoms with Gasteiger partial charge in [-0.15, -0.1) is 13.2 Å². The maximum absolute atomic E-state index is 12.3. The van der Waals surface area contributed by atoms with E-state index in [0.29, 0.717) is 18.2 Å². The van der Waals surface area contributed by atoms with Crippen molar-refractivity contribution in [2.24, 2.45) is 0 Å². The molecule has 0 aliphatic heterocycles. The van der Waals surface area contributed by atoms with Gasteiger partial charge in [0, 0.05) is 11.1 Å². The Morgan fingerprint density at radius 2 is 1.82 bits per heavy atom. The summed E-state index contributed by atoms with van der Waals surface area (Å²) in [4.78, 5) is 10.7. The molecule has 0 fully saturated rings. The fraction of sp³-hybridized carbons (Fsp3) is 0.222. The van der Waals surface area contributed by atoms with Gasteiger partial charge < -0.3 is 4.74 Å². The van der Waals surface area contributed by atoms with Gasteiger partial charge >= 0.3 is 6.36 Å². The molecule has 0 saturated carbocycles. The largest absolute Gasteiger partial charge is 0.573 e. The zero-order chi connectivity index (χ0) is 13.2. The number of alkyl halides is 5. The molecule has 17 heavy (non-hydrogen) atoms. The van der Waals surface area contributed by atoms with Crippen LogP contribution in [0.2, 0.25) is 0 Å². The summed E-state index contributed by atoms with van der Waals surface area (Å²) in [6, 6.07) is 1.82. The van der Waals surface area contributed by atoms with Crippen LogP contribution in [0.25, 0.3) is 0 Å². The van der Waals surface area contributed by atoms with Gasteiger partial charge in [0.05, 0.1) is 0 Å². The summed E-state index contributed by atoms with van der Waals surface area (Å²) in [6.07, 6.45) is -8.07. The zero-order valence-corrected chi connectivity index (χ0v) is 8.65. The Labute approximate surface area is 96.9 Å². The Morgan fingerprint density at radius 1 is 1.24 bits per heavy atom. The monoisotopic (exact) mass is 274 g/mol. The van der Waals surface area contributed by atoms with Crippen molar-refractivity contribution < 1.29 is 31.5 Å². The van der Waals surface area contributed by atoms with Gasteiger partial charge in [0.1, 0.15) is 5.75 Å². The van der Waals surface area contributed by atoms with Crippen molar-refractivity contribution in [3.63, 3.8) is 0 Å². The lowest BCUT2D eigenvalue weighted by molar-refractivity contribution is -0.274. The predicted molar refractivity (Wildman–Crippen MR) is 48.3 cm³/mol. The lowest BCUT2D eigenvalue weighted by atomic mass is 10.1. The minimum Gasteiger partial charge on any atom is -0.406 e. The van der Waals surface area contributed by atoms with E-state index in [1.54, 1.807) is 0 Å². The first-order valence-electron chi connectivity index (χ1n) is 4.08. The maximum Gasteiger partial charge on any atom is 0.573 e. The van der Waals surface area contributed by atoms with Crippen LogP contribution in [-0.4, -0.2) is 11.6 Å². The number of ether oxygens (including phenoxy) is 1. The molecule has 0 bridgehead atoms. The van der Waals surface area contributed by atoms with Crippen LogP contribution in [0.1, 0.15) is 22.3 Å². The predicted octanol–water partition coefficient (Wildman–Crippen LogP) is 3.90. The van der Waals surface area contributed by atoms with Crippen molar-refractivity contribution in [3.8, 4) is 5.75 Å². The first-order valence-corrected chi connectivity index (χ1v) is 4.45. The number of carbonyl (C=O) groups excluding carboxylic acids is 1. The van der Waals surface area contributed by atoms with Gasteiger partial charge in [-0.25, -0.2) is 8.78 Å². The molecule has 0 N–H and O–H groups in total. The lowest BCUT2D eigenvalue weighted by Crippen LogP contribution is -2.17. The molecule has 0 radical (unpaired) electrons. The molecule has 0 aromatic heterocycles. The van der Waals surface area contributed by atoms with Crippen LogP contribution in [-0.2, 0) is 0 Å². The van der Waals surface area contributed by atoms with E-state index in [2.05, 4.69) is 4.74 Å². The van der Waals surface area contributed by atoms with E-state index >= 15 is 0 Å². The van der Waals surface area contributed by atoms with E-state index in [4.69, 9.17) is 11.6 Å². The third kappa shape index (κ3) is 4.18. The highest BCUT2D eigenvalue weighted by atomic mass is 35.5. The summed E-state index contributed by atoms with van der Waals surface area (Å²) in [5.41, 5.74) is -1.28. The lowest BCUT2D eigenvalue weighted by Gasteiger charge is -2.11. The van der Waals surface area contributed by atoms with E-state index in [0.717, 1.165) is 0 Å².